The first kappa shape index (κ1) is 13.7. The molecule has 0 saturated heterocycles. The lowest BCUT2D eigenvalue weighted by molar-refractivity contribution is 0.797. The van der Waals surface area contributed by atoms with Gasteiger partial charge in [0.1, 0.15) is 10.5 Å². The third-order valence-electron chi connectivity index (χ3n) is 2.01. The Morgan fingerprint density at radius 1 is 1.44 bits per heavy atom. The van der Waals surface area contributed by atoms with Crippen LogP contribution in [0.15, 0.2) is 6.07 Å². The molecule has 0 aromatic carbocycles. The van der Waals surface area contributed by atoms with E-state index in [1.807, 2.05) is 17.8 Å². The van der Waals surface area contributed by atoms with Gasteiger partial charge in [-0.25, -0.2) is 4.98 Å². The van der Waals surface area contributed by atoms with Crippen LogP contribution in [-0.4, -0.2) is 14.7 Å². The molecule has 4 heteroatoms. The molecule has 0 amide bonds. The molecule has 90 valence electrons. The molecule has 1 rings (SSSR count). The molecule has 1 aromatic rings. The van der Waals surface area contributed by atoms with E-state index < -0.39 is 0 Å². The van der Waals surface area contributed by atoms with E-state index in [9.17, 15) is 0 Å². The number of rotatable bonds is 4. The Morgan fingerprint density at radius 3 is 2.69 bits per heavy atom. The van der Waals surface area contributed by atoms with Gasteiger partial charge in [-0.05, 0) is 12.5 Å². The molecule has 16 heavy (non-hydrogen) atoms. The minimum Gasteiger partial charge on any atom is -0.346 e. The molecule has 0 radical (unpaired) electrons. The van der Waals surface area contributed by atoms with Crippen molar-refractivity contribution >= 4 is 24.0 Å². The summed E-state index contributed by atoms with van der Waals surface area (Å²) < 4.78 is 0.962. The first-order valence-electron chi connectivity index (χ1n) is 5.64. The van der Waals surface area contributed by atoms with Crippen molar-refractivity contribution in [2.24, 2.45) is 0 Å². The second kappa shape index (κ2) is 5.82. The quantitative estimate of drug-likeness (QED) is 0.821. The molecule has 0 aliphatic carbocycles. The third kappa shape index (κ3) is 5.12. The van der Waals surface area contributed by atoms with Crippen LogP contribution >= 0.6 is 24.0 Å². The Kier molecular flexibility index (Phi) is 4.99. The van der Waals surface area contributed by atoms with E-state index >= 15 is 0 Å². The maximum atomic E-state index is 5.17. The van der Waals surface area contributed by atoms with Gasteiger partial charge in [-0.1, -0.05) is 46.3 Å². The molecule has 0 saturated carbocycles. The number of nitrogens with zero attached hydrogens (tertiary/aromatic N) is 1. The highest BCUT2D eigenvalue weighted by Crippen LogP contribution is 2.25. The van der Waals surface area contributed by atoms with Gasteiger partial charge >= 0.3 is 0 Å². The summed E-state index contributed by atoms with van der Waals surface area (Å²) in [6.45, 7) is 8.80. The zero-order valence-electron chi connectivity index (χ0n) is 10.5. The van der Waals surface area contributed by atoms with Crippen LogP contribution in [0.5, 0.6) is 0 Å². The van der Waals surface area contributed by atoms with Crippen molar-refractivity contribution in [1.82, 2.24) is 9.97 Å². The fourth-order valence-corrected chi connectivity index (χ4v) is 2.28. The molecular formula is C12H20N2S2. The fraction of sp³-hybridized carbons (Fsp3) is 0.667. The number of aromatic amines is 1. The zero-order valence-corrected chi connectivity index (χ0v) is 12.1. The van der Waals surface area contributed by atoms with E-state index in [-0.39, 0.29) is 4.75 Å². The summed E-state index contributed by atoms with van der Waals surface area (Å²) in [5.74, 6) is 1.89. The van der Waals surface area contributed by atoms with Crippen molar-refractivity contribution in [3.05, 3.63) is 22.2 Å². The number of hydrogen-bond donors (Lipinski definition) is 1. The number of hydrogen-bond acceptors (Lipinski definition) is 3. The minimum absolute atomic E-state index is 0.262. The van der Waals surface area contributed by atoms with Gasteiger partial charge < -0.3 is 4.98 Å². The summed E-state index contributed by atoms with van der Waals surface area (Å²) in [4.78, 5) is 7.72. The van der Waals surface area contributed by atoms with Gasteiger partial charge in [-0.2, -0.15) is 0 Å². The van der Waals surface area contributed by atoms with Gasteiger partial charge in [0, 0.05) is 10.4 Å². The lowest BCUT2D eigenvalue weighted by Gasteiger charge is -2.17. The molecule has 0 fully saturated rings. The summed E-state index contributed by atoms with van der Waals surface area (Å²) in [5, 5.41) is 0. The van der Waals surface area contributed by atoms with Crippen LogP contribution in [0.4, 0.5) is 0 Å². The molecule has 1 heterocycles. The number of nitrogens with one attached hydrogen (secondary N) is 1. The Bertz CT molecular complexity index is 391. The predicted octanol–water partition coefficient (Wildman–Crippen LogP) is 4.12. The standard InChI is InChI=1S/C12H20N2S2/c1-5-6-9-7-11(15)14-10(13-9)8-16-12(2,3)4/h7H,5-6,8H2,1-4H3,(H,13,14,15). The fourth-order valence-electron chi connectivity index (χ4n) is 1.32. The first-order chi connectivity index (χ1) is 7.40. The highest BCUT2D eigenvalue weighted by atomic mass is 32.2. The van der Waals surface area contributed by atoms with E-state index in [0.29, 0.717) is 4.64 Å². The molecule has 0 bridgehead atoms. The van der Waals surface area contributed by atoms with Crippen LogP contribution in [0.2, 0.25) is 0 Å². The summed E-state index contributed by atoms with van der Waals surface area (Å²) in [6, 6.07) is 1.96. The second-order valence-electron chi connectivity index (χ2n) is 4.84. The van der Waals surface area contributed by atoms with Crippen molar-refractivity contribution in [3.63, 3.8) is 0 Å². The topological polar surface area (TPSA) is 28.7 Å². The van der Waals surface area contributed by atoms with Crippen molar-refractivity contribution in [1.29, 1.82) is 0 Å². The van der Waals surface area contributed by atoms with Gasteiger partial charge in [0.05, 0.1) is 5.75 Å². The van der Waals surface area contributed by atoms with Gasteiger partial charge in [0.2, 0.25) is 0 Å². The minimum atomic E-state index is 0.262. The highest BCUT2D eigenvalue weighted by molar-refractivity contribution is 7.99. The van der Waals surface area contributed by atoms with Crippen LogP contribution in [0.3, 0.4) is 0 Å². The molecule has 0 unspecified atom stereocenters. The van der Waals surface area contributed by atoms with Gasteiger partial charge in [-0.3, -0.25) is 0 Å². The van der Waals surface area contributed by atoms with E-state index in [1.54, 1.807) is 0 Å². The molecule has 0 aliphatic heterocycles. The maximum absolute atomic E-state index is 5.17. The Hall–Kier alpha value is -0.350. The lowest BCUT2D eigenvalue weighted by atomic mass is 10.2. The van der Waals surface area contributed by atoms with Gasteiger partial charge in [0.25, 0.3) is 0 Å². The molecule has 1 aromatic heterocycles. The molecule has 0 atom stereocenters. The smallest absolute Gasteiger partial charge is 0.130 e. The summed E-state index contributed by atoms with van der Waals surface area (Å²) in [6.07, 6.45) is 2.17. The van der Waals surface area contributed by atoms with Crippen molar-refractivity contribution < 1.29 is 0 Å². The molecular weight excluding hydrogens is 236 g/mol. The van der Waals surface area contributed by atoms with Crippen LogP contribution in [0.1, 0.15) is 45.6 Å². The highest BCUT2D eigenvalue weighted by Gasteiger charge is 2.11. The summed E-state index contributed by atoms with van der Waals surface area (Å²) in [7, 11) is 0. The average molecular weight is 256 g/mol. The first-order valence-corrected chi connectivity index (χ1v) is 7.03. The van der Waals surface area contributed by atoms with Crippen molar-refractivity contribution in [3.8, 4) is 0 Å². The van der Waals surface area contributed by atoms with E-state index in [0.717, 1.165) is 24.4 Å². The second-order valence-corrected chi connectivity index (χ2v) is 7.06. The number of aromatic nitrogens is 2. The van der Waals surface area contributed by atoms with Crippen molar-refractivity contribution in [2.45, 2.75) is 51.0 Å². The SMILES string of the molecule is CCCc1cc(=S)nc(CSC(C)(C)C)[nH]1. The zero-order chi connectivity index (χ0) is 12.2. The molecule has 2 nitrogen and oxygen atoms in total. The van der Waals surface area contributed by atoms with Crippen LogP contribution in [0.25, 0.3) is 0 Å². The Balaban J connectivity index is 2.76. The molecule has 0 aliphatic rings. The monoisotopic (exact) mass is 256 g/mol. The third-order valence-corrected chi connectivity index (χ3v) is 3.50. The molecule has 1 N–H and O–H groups in total. The predicted molar refractivity (Wildman–Crippen MR) is 74.5 cm³/mol. The van der Waals surface area contributed by atoms with Gasteiger partial charge in [0.15, 0.2) is 0 Å². The number of thioether (sulfide) groups is 1. The van der Waals surface area contributed by atoms with Crippen LogP contribution in [-0.2, 0) is 12.2 Å². The lowest BCUT2D eigenvalue weighted by Crippen LogP contribution is -2.09. The largest absolute Gasteiger partial charge is 0.346 e. The summed E-state index contributed by atoms with van der Waals surface area (Å²) in [5.41, 5.74) is 1.20. The molecule has 0 spiro atoms. The normalized spacial score (nSPS) is 11.8. The number of H-pyrrole nitrogens is 1. The summed E-state index contributed by atoms with van der Waals surface area (Å²) >= 11 is 7.05. The number of aryl methyl sites for hydroxylation is 1. The maximum Gasteiger partial charge on any atom is 0.130 e. The Morgan fingerprint density at radius 2 is 2.12 bits per heavy atom. The average Bonchev–Trinajstić information content (AvgIpc) is 2.13. The Labute approximate surface area is 107 Å². The van der Waals surface area contributed by atoms with Gasteiger partial charge in [-0.15, -0.1) is 11.8 Å². The van der Waals surface area contributed by atoms with Crippen LogP contribution in [0, 0.1) is 4.64 Å². The van der Waals surface area contributed by atoms with E-state index in [2.05, 4.69) is 37.7 Å². The van der Waals surface area contributed by atoms with Crippen LogP contribution < -0.4 is 0 Å². The van der Waals surface area contributed by atoms with E-state index in [4.69, 9.17) is 12.2 Å². The van der Waals surface area contributed by atoms with Crippen molar-refractivity contribution in [2.75, 3.05) is 0 Å². The van der Waals surface area contributed by atoms with E-state index in [1.165, 1.54) is 5.69 Å².